The molecule has 0 radical (unpaired) electrons. The molecule has 2 aromatic rings. The Labute approximate surface area is 157 Å². The zero-order valence-electron chi connectivity index (χ0n) is 14.4. The van der Waals surface area contributed by atoms with Gasteiger partial charge in [0.15, 0.2) is 0 Å². The van der Waals surface area contributed by atoms with Gasteiger partial charge in [0.2, 0.25) is 5.91 Å². The first kappa shape index (κ1) is 19.5. The molecule has 0 aliphatic heterocycles. The minimum Gasteiger partial charge on any atom is -0.348 e. The van der Waals surface area contributed by atoms with E-state index in [1.807, 2.05) is 19.1 Å². The number of halogens is 2. The molecule has 1 N–H and O–H groups in total. The standard InChI is InChI=1S/C18H21Cl2N3O2/c1-11(2)8-13-4-6-14(7-5-13)12(3)22-16(24)10-23-18(25)17(20)15(19)9-21-23/h4-7,9,11-12H,8,10H2,1-3H3,(H,22,24)/t12-/m0/s1. The second-order valence-electron chi connectivity index (χ2n) is 6.40. The number of rotatable bonds is 6. The van der Waals surface area contributed by atoms with E-state index in [2.05, 4.69) is 36.4 Å². The summed E-state index contributed by atoms with van der Waals surface area (Å²) < 4.78 is 0.988. The molecule has 0 fully saturated rings. The number of aromatic nitrogens is 2. The molecule has 1 amide bonds. The minimum absolute atomic E-state index is 0.0678. The highest BCUT2D eigenvalue weighted by Gasteiger charge is 2.13. The molecular formula is C18H21Cl2N3O2. The molecule has 1 aromatic carbocycles. The van der Waals surface area contributed by atoms with E-state index >= 15 is 0 Å². The van der Waals surface area contributed by atoms with Crippen molar-refractivity contribution in [1.29, 1.82) is 0 Å². The highest BCUT2D eigenvalue weighted by Crippen LogP contribution is 2.16. The number of carbonyl (C=O) groups excluding carboxylic acids is 1. The molecule has 7 heteroatoms. The van der Waals surface area contributed by atoms with Crippen LogP contribution in [0.2, 0.25) is 10.0 Å². The summed E-state index contributed by atoms with van der Waals surface area (Å²) in [6.45, 7) is 6.03. The number of nitrogens with one attached hydrogen (secondary N) is 1. The average molecular weight is 382 g/mol. The normalized spacial score (nSPS) is 12.2. The predicted molar refractivity (Wildman–Crippen MR) is 100 cm³/mol. The average Bonchev–Trinajstić information content (AvgIpc) is 2.55. The van der Waals surface area contributed by atoms with Gasteiger partial charge >= 0.3 is 0 Å². The lowest BCUT2D eigenvalue weighted by molar-refractivity contribution is -0.122. The topological polar surface area (TPSA) is 64.0 Å². The van der Waals surface area contributed by atoms with Gasteiger partial charge in [-0.2, -0.15) is 5.10 Å². The third kappa shape index (κ3) is 5.31. The van der Waals surface area contributed by atoms with Gasteiger partial charge in [0.05, 0.1) is 17.3 Å². The third-order valence-electron chi connectivity index (χ3n) is 3.74. The zero-order chi connectivity index (χ0) is 18.6. The Morgan fingerprint density at radius 3 is 2.44 bits per heavy atom. The molecule has 1 aromatic heterocycles. The van der Waals surface area contributed by atoms with Crippen LogP contribution >= 0.6 is 23.2 Å². The third-order valence-corrected chi connectivity index (χ3v) is 4.49. The molecule has 0 aliphatic rings. The second kappa shape index (κ2) is 8.50. The van der Waals surface area contributed by atoms with Gasteiger partial charge in [0.25, 0.3) is 5.56 Å². The fourth-order valence-electron chi connectivity index (χ4n) is 2.48. The van der Waals surface area contributed by atoms with Crippen molar-refractivity contribution >= 4 is 29.1 Å². The SMILES string of the molecule is CC(C)Cc1ccc([C@H](C)NC(=O)Cn2ncc(Cl)c(Cl)c2=O)cc1. The lowest BCUT2D eigenvalue weighted by Crippen LogP contribution is -2.35. The summed E-state index contributed by atoms with van der Waals surface area (Å²) in [6, 6.07) is 7.98. The number of carbonyl (C=O) groups is 1. The number of hydrogen-bond donors (Lipinski definition) is 1. The van der Waals surface area contributed by atoms with Gasteiger partial charge in [-0.1, -0.05) is 61.3 Å². The molecular weight excluding hydrogens is 361 g/mol. The highest BCUT2D eigenvalue weighted by atomic mass is 35.5. The van der Waals surface area contributed by atoms with Crippen LogP contribution in [0.5, 0.6) is 0 Å². The quantitative estimate of drug-likeness (QED) is 0.830. The van der Waals surface area contributed by atoms with E-state index < -0.39 is 5.56 Å². The molecule has 25 heavy (non-hydrogen) atoms. The van der Waals surface area contributed by atoms with E-state index in [1.165, 1.54) is 11.8 Å². The van der Waals surface area contributed by atoms with Gasteiger partial charge in [-0.15, -0.1) is 0 Å². The Kier molecular flexibility index (Phi) is 6.62. The fraction of sp³-hybridized carbons (Fsp3) is 0.389. The first-order chi connectivity index (χ1) is 11.8. The summed E-state index contributed by atoms with van der Waals surface area (Å²) in [5.41, 5.74) is 1.68. The van der Waals surface area contributed by atoms with Gasteiger partial charge in [-0.25, -0.2) is 4.68 Å². The molecule has 2 rings (SSSR count). The Balaban J connectivity index is 2.00. The van der Waals surface area contributed by atoms with Crippen LogP contribution in [0.3, 0.4) is 0 Å². The summed E-state index contributed by atoms with van der Waals surface area (Å²) >= 11 is 11.5. The summed E-state index contributed by atoms with van der Waals surface area (Å²) in [4.78, 5) is 24.1. The van der Waals surface area contributed by atoms with Crippen LogP contribution < -0.4 is 10.9 Å². The maximum absolute atomic E-state index is 12.2. The van der Waals surface area contributed by atoms with Crippen LogP contribution in [-0.4, -0.2) is 15.7 Å². The van der Waals surface area contributed by atoms with E-state index in [1.54, 1.807) is 0 Å². The van der Waals surface area contributed by atoms with Crippen molar-refractivity contribution in [2.75, 3.05) is 0 Å². The first-order valence-corrected chi connectivity index (χ1v) is 8.82. The lowest BCUT2D eigenvalue weighted by Gasteiger charge is -2.15. The molecule has 0 bridgehead atoms. The number of nitrogens with zero attached hydrogens (tertiary/aromatic N) is 2. The maximum atomic E-state index is 12.2. The van der Waals surface area contributed by atoms with Crippen molar-refractivity contribution in [3.8, 4) is 0 Å². The van der Waals surface area contributed by atoms with E-state index in [9.17, 15) is 9.59 Å². The Morgan fingerprint density at radius 2 is 1.84 bits per heavy atom. The van der Waals surface area contributed by atoms with Crippen molar-refractivity contribution in [1.82, 2.24) is 15.1 Å². The number of hydrogen-bond acceptors (Lipinski definition) is 3. The monoisotopic (exact) mass is 381 g/mol. The summed E-state index contributed by atoms with van der Waals surface area (Å²) in [5, 5.41) is 6.60. The molecule has 0 aliphatic carbocycles. The number of amides is 1. The van der Waals surface area contributed by atoms with E-state index in [0.29, 0.717) is 5.92 Å². The van der Waals surface area contributed by atoms with Gasteiger partial charge in [-0.05, 0) is 30.4 Å². The van der Waals surface area contributed by atoms with Crippen molar-refractivity contribution in [2.24, 2.45) is 5.92 Å². The molecule has 1 heterocycles. The van der Waals surface area contributed by atoms with Crippen LogP contribution in [0.1, 0.15) is 37.9 Å². The first-order valence-electron chi connectivity index (χ1n) is 8.07. The van der Waals surface area contributed by atoms with Gasteiger partial charge in [0.1, 0.15) is 11.6 Å². The van der Waals surface area contributed by atoms with Crippen LogP contribution in [0.25, 0.3) is 0 Å². The zero-order valence-corrected chi connectivity index (χ0v) is 15.9. The maximum Gasteiger partial charge on any atom is 0.287 e. The largest absolute Gasteiger partial charge is 0.348 e. The van der Waals surface area contributed by atoms with Gasteiger partial charge < -0.3 is 5.32 Å². The number of benzene rings is 1. The van der Waals surface area contributed by atoms with Crippen molar-refractivity contribution in [3.05, 3.63) is 62.0 Å². The van der Waals surface area contributed by atoms with Crippen molar-refractivity contribution in [2.45, 2.75) is 39.8 Å². The second-order valence-corrected chi connectivity index (χ2v) is 7.18. The minimum atomic E-state index is -0.588. The van der Waals surface area contributed by atoms with Crippen LogP contribution in [-0.2, 0) is 17.8 Å². The van der Waals surface area contributed by atoms with E-state index in [0.717, 1.165) is 16.7 Å². The molecule has 1 atom stereocenters. The van der Waals surface area contributed by atoms with E-state index in [-0.39, 0.29) is 28.5 Å². The fourth-order valence-corrected chi connectivity index (χ4v) is 2.75. The van der Waals surface area contributed by atoms with Crippen molar-refractivity contribution < 1.29 is 4.79 Å². The molecule has 0 saturated heterocycles. The molecule has 0 saturated carbocycles. The van der Waals surface area contributed by atoms with Crippen LogP contribution in [0, 0.1) is 5.92 Å². The summed E-state index contributed by atoms with van der Waals surface area (Å²) in [5.74, 6) is 0.270. The molecule has 0 unspecified atom stereocenters. The van der Waals surface area contributed by atoms with Crippen LogP contribution in [0.4, 0.5) is 0 Å². The Hall–Kier alpha value is -1.85. The Bertz CT molecular complexity index is 801. The molecule has 5 nitrogen and oxygen atoms in total. The van der Waals surface area contributed by atoms with Gasteiger partial charge in [-0.3, -0.25) is 9.59 Å². The smallest absolute Gasteiger partial charge is 0.287 e. The highest BCUT2D eigenvalue weighted by molar-refractivity contribution is 6.41. The lowest BCUT2D eigenvalue weighted by atomic mass is 10.00. The van der Waals surface area contributed by atoms with Gasteiger partial charge in [0, 0.05) is 0 Å². The van der Waals surface area contributed by atoms with E-state index in [4.69, 9.17) is 23.2 Å². The van der Waals surface area contributed by atoms with Crippen LogP contribution in [0.15, 0.2) is 35.3 Å². The molecule has 134 valence electrons. The summed E-state index contributed by atoms with van der Waals surface area (Å²) in [7, 11) is 0. The predicted octanol–water partition coefficient (Wildman–Crippen LogP) is 3.63. The molecule has 0 spiro atoms. The van der Waals surface area contributed by atoms with Crippen molar-refractivity contribution in [3.63, 3.8) is 0 Å². The Morgan fingerprint density at radius 1 is 1.20 bits per heavy atom. The summed E-state index contributed by atoms with van der Waals surface area (Å²) in [6.07, 6.45) is 2.27.